The lowest BCUT2D eigenvalue weighted by molar-refractivity contribution is 0.110. The smallest absolute Gasteiger partial charge is 0.0700 e. The van der Waals surface area contributed by atoms with E-state index < -0.39 is 0 Å². The van der Waals surface area contributed by atoms with Crippen molar-refractivity contribution in [2.75, 3.05) is 32.8 Å². The molecule has 0 amide bonds. The Balaban J connectivity index is 1.47. The Morgan fingerprint density at radius 1 is 1.20 bits per heavy atom. The van der Waals surface area contributed by atoms with E-state index in [0.717, 1.165) is 19.1 Å². The summed E-state index contributed by atoms with van der Waals surface area (Å²) in [5.74, 6) is 0.947. The van der Waals surface area contributed by atoms with Gasteiger partial charge in [0.1, 0.15) is 0 Å². The van der Waals surface area contributed by atoms with Crippen molar-refractivity contribution in [2.24, 2.45) is 5.92 Å². The number of hydrogen-bond donors (Lipinski definition) is 2. The molecule has 2 heterocycles. The fourth-order valence-electron chi connectivity index (χ4n) is 2.54. The summed E-state index contributed by atoms with van der Waals surface area (Å²) in [6.07, 6.45) is 7.07. The first kappa shape index (κ1) is 11.4. The molecule has 0 aromatic carbocycles. The Hall–Kier alpha value is -0.120. The molecular formula is C12H24N2O. The molecule has 0 radical (unpaired) electrons. The second-order valence-electron chi connectivity index (χ2n) is 4.82. The number of nitrogens with one attached hydrogen (secondary N) is 2. The van der Waals surface area contributed by atoms with Crippen LogP contribution in [0.5, 0.6) is 0 Å². The van der Waals surface area contributed by atoms with Crippen LogP contribution in [0.15, 0.2) is 0 Å². The van der Waals surface area contributed by atoms with Crippen molar-refractivity contribution in [3.8, 4) is 0 Å². The van der Waals surface area contributed by atoms with E-state index in [1.807, 2.05) is 0 Å². The van der Waals surface area contributed by atoms with E-state index in [2.05, 4.69) is 10.6 Å². The minimum atomic E-state index is 0.498. The Bertz CT molecular complexity index is 163. The van der Waals surface area contributed by atoms with E-state index in [4.69, 9.17) is 4.74 Å². The zero-order valence-electron chi connectivity index (χ0n) is 9.63. The van der Waals surface area contributed by atoms with Crippen molar-refractivity contribution < 1.29 is 4.74 Å². The van der Waals surface area contributed by atoms with Crippen molar-refractivity contribution >= 4 is 0 Å². The van der Waals surface area contributed by atoms with Crippen molar-refractivity contribution in [1.29, 1.82) is 0 Å². The average Bonchev–Trinajstić information content (AvgIpc) is 2.79. The number of rotatable bonds is 5. The predicted molar refractivity (Wildman–Crippen MR) is 62.1 cm³/mol. The van der Waals surface area contributed by atoms with Crippen LogP contribution >= 0.6 is 0 Å². The summed E-state index contributed by atoms with van der Waals surface area (Å²) < 4.78 is 5.57. The Morgan fingerprint density at radius 2 is 2.07 bits per heavy atom. The lowest BCUT2D eigenvalue weighted by Crippen LogP contribution is -2.31. The van der Waals surface area contributed by atoms with Crippen LogP contribution in [0.25, 0.3) is 0 Å². The molecule has 3 heteroatoms. The molecule has 2 aliphatic heterocycles. The summed E-state index contributed by atoms with van der Waals surface area (Å²) in [6, 6.07) is 0. The molecule has 0 bridgehead atoms. The first-order valence-electron chi connectivity index (χ1n) is 6.48. The van der Waals surface area contributed by atoms with Crippen molar-refractivity contribution in [3.05, 3.63) is 0 Å². The van der Waals surface area contributed by atoms with E-state index in [0.29, 0.717) is 6.10 Å². The van der Waals surface area contributed by atoms with Gasteiger partial charge in [0.05, 0.1) is 6.10 Å². The molecule has 2 fully saturated rings. The van der Waals surface area contributed by atoms with E-state index in [1.54, 1.807) is 0 Å². The molecule has 0 spiro atoms. The standard InChI is InChI=1S/C12H24N2O/c1-2-12(15-9-1)10-14-8-5-11-3-6-13-7-4-11/h11-14H,1-10H2. The molecule has 1 unspecified atom stereocenters. The summed E-state index contributed by atoms with van der Waals surface area (Å²) in [5, 5.41) is 6.94. The zero-order chi connectivity index (χ0) is 10.3. The molecule has 1 atom stereocenters. The summed E-state index contributed by atoms with van der Waals surface area (Å²) in [4.78, 5) is 0. The van der Waals surface area contributed by atoms with Gasteiger partial charge in [0.15, 0.2) is 0 Å². The lowest BCUT2D eigenvalue weighted by atomic mass is 9.95. The van der Waals surface area contributed by atoms with Crippen LogP contribution in [0, 0.1) is 5.92 Å². The third kappa shape index (κ3) is 4.09. The molecule has 2 aliphatic rings. The third-order valence-electron chi connectivity index (χ3n) is 3.58. The fourth-order valence-corrected chi connectivity index (χ4v) is 2.54. The normalized spacial score (nSPS) is 28.4. The molecule has 2 rings (SSSR count). The van der Waals surface area contributed by atoms with E-state index >= 15 is 0 Å². The molecule has 88 valence electrons. The number of hydrogen-bond acceptors (Lipinski definition) is 3. The van der Waals surface area contributed by atoms with Crippen LogP contribution in [-0.2, 0) is 4.74 Å². The second-order valence-corrected chi connectivity index (χ2v) is 4.82. The van der Waals surface area contributed by atoms with Gasteiger partial charge < -0.3 is 15.4 Å². The average molecular weight is 212 g/mol. The minimum Gasteiger partial charge on any atom is -0.377 e. The molecule has 3 nitrogen and oxygen atoms in total. The maximum Gasteiger partial charge on any atom is 0.0700 e. The van der Waals surface area contributed by atoms with Gasteiger partial charge in [-0.25, -0.2) is 0 Å². The van der Waals surface area contributed by atoms with Crippen LogP contribution in [0.2, 0.25) is 0 Å². The van der Waals surface area contributed by atoms with Gasteiger partial charge in [0.25, 0.3) is 0 Å². The first-order valence-corrected chi connectivity index (χ1v) is 6.48. The van der Waals surface area contributed by atoms with Gasteiger partial charge >= 0.3 is 0 Å². The van der Waals surface area contributed by atoms with Crippen LogP contribution < -0.4 is 10.6 Å². The maximum atomic E-state index is 5.57. The molecular weight excluding hydrogens is 188 g/mol. The van der Waals surface area contributed by atoms with Crippen molar-refractivity contribution in [2.45, 2.75) is 38.2 Å². The SMILES string of the molecule is C1COC(CNCCC2CCNCC2)C1. The molecule has 0 aromatic heterocycles. The highest BCUT2D eigenvalue weighted by Gasteiger charge is 2.15. The van der Waals surface area contributed by atoms with Gasteiger partial charge in [-0.05, 0) is 57.7 Å². The van der Waals surface area contributed by atoms with Crippen LogP contribution in [0.3, 0.4) is 0 Å². The minimum absolute atomic E-state index is 0.498. The maximum absolute atomic E-state index is 5.57. The first-order chi connectivity index (χ1) is 7.45. The summed E-state index contributed by atoms with van der Waals surface area (Å²) in [6.45, 7) is 5.64. The van der Waals surface area contributed by atoms with E-state index in [9.17, 15) is 0 Å². The van der Waals surface area contributed by atoms with Gasteiger partial charge in [-0.15, -0.1) is 0 Å². The highest BCUT2D eigenvalue weighted by molar-refractivity contribution is 4.71. The summed E-state index contributed by atoms with van der Waals surface area (Å²) in [5.41, 5.74) is 0. The molecule has 0 aromatic rings. The second kappa shape index (κ2) is 6.46. The fraction of sp³-hybridized carbons (Fsp3) is 1.00. The largest absolute Gasteiger partial charge is 0.377 e. The number of piperidine rings is 1. The lowest BCUT2D eigenvalue weighted by Gasteiger charge is -2.22. The highest BCUT2D eigenvalue weighted by atomic mass is 16.5. The quantitative estimate of drug-likeness (QED) is 0.671. The molecule has 0 saturated carbocycles. The zero-order valence-corrected chi connectivity index (χ0v) is 9.63. The van der Waals surface area contributed by atoms with Crippen LogP contribution in [-0.4, -0.2) is 38.9 Å². The van der Waals surface area contributed by atoms with Crippen LogP contribution in [0.1, 0.15) is 32.1 Å². The van der Waals surface area contributed by atoms with Gasteiger partial charge in [-0.1, -0.05) is 0 Å². The predicted octanol–water partition coefficient (Wildman–Crippen LogP) is 1.14. The Morgan fingerprint density at radius 3 is 2.80 bits per heavy atom. The van der Waals surface area contributed by atoms with Crippen molar-refractivity contribution in [1.82, 2.24) is 10.6 Å². The van der Waals surface area contributed by atoms with Gasteiger partial charge in [-0.2, -0.15) is 0 Å². The third-order valence-corrected chi connectivity index (χ3v) is 3.58. The van der Waals surface area contributed by atoms with Crippen molar-refractivity contribution in [3.63, 3.8) is 0 Å². The van der Waals surface area contributed by atoms with Gasteiger partial charge in [-0.3, -0.25) is 0 Å². The topological polar surface area (TPSA) is 33.3 Å². The molecule has 15 heavy (non-hydrogen) atoms. The highest BCUT2D eigenvalue weighted by Crippen LogP contribution is 2.15. The molecule has 2 saturated heterocycles. The Labute approximate surface area is 93.0 Å². The molecule has 2 N–H and O–H groups in total. The Kier molecular flexibility index (Phi) is 4.90. The molecule has 0 aliphatic carbocycles. The van der Waals surface area contributed by atoms with Crippen LogP contribution in [0.4, 0.5) is 0 Å². The monoisotopic (exact) mass is 212 g/mol. The number of ether oxygens (including phenoxy) is 1. The van der Waals surface area contributed by atoms with Gasteiger partial charge in [0, 0.05) is 13.2 Å². The van der Waals surface area contributed by atoms with E-state index in [1.165, 1.54) is 51.7 Å². The summed E-state index contributed by atoms with van der Waals surface area (Å²) in [7, 11) is 0. The van der Waals surface area contributed by atoms with Gasteiger partial charge in [0.2, 0.25) is 0 Å². The van der Waals surface area contributed by atoms with E-state index in [-0.39, 0.29) is 0 Å². The summed E-state index contributed by atoms with van der Waals surface area (Å²) >= 11 is 0.